The number of carbonyl (C=O) groups excluding carboxylic acids is 1. The van der Waals surface area contributed by atoms with E-state index in [9.17, 15) is 9.59 Å². The fourth-order valence-electron chi connectivity index (χ4n) is 2.45. The molecule has 0 aliphatic rings. The van der Waals surface area contributed by atoms with Gasteiger partial charge in [0.15, 0.2) is 5.16 Å². The van der Waals surface area contributed by atoms with Gasteiger partial charge >= 0.3 is 0 Å². The van der Waals surface area contributed by atoms with Gasteiger partial charge in [0, 0.05) is 40.5 Å². The Hall–Kier alpha value is -1.90. The van der Waals surface area contributed by atoms with Gasteiger partial charge in [-0.3, -0.25) is 14.2 Å². The van der Waals surface area contributed by atoms with Crippen molar-refractivity contribution in [1.82, 2.24) is 14.9 Å². The number of benzene rings is 1. The molecular formula is C18H25N3O4S. The number of thioether (sulfide) groups is 1. The second-order valence-electron chi connectivity index (χ2n) is 5.70. The standard InChI is InChI=1S/C18H25N3O4S/c1-24-11-5-9-19-16(22)13-26-18-20-15-8-4-3-7-14(15)17(23)21(18)10-6-12-25-2/h3-4,7-8H,5-6,9-13H2,1-2H3,(H,19,22). The zero-order chi connectivity index (χ0) is 18.8. The third-order valence-corrected chi connectivity index (χ3v) is 4.71. The number of rotatable bonds is 11. The highest BCUT2D eigenvalue weighted by Crippen LogP contribution is 2.18. The van der Waals surface area contributed by atoms with E-state index in [0.717, 1.165) is 6.42 Å². The summed E-state index contributed by atoms with van der Waals surface area (Å²) in [5.74, 6) is 0.124. The summed E-state index contributed by atoms with van der Waals surface area (Å²) in [5.41, 5.74) is 0.554. The zero-order valence-electron chi connectivity index (χ0n) is 15.2. The molecule has 2 rings (SSSR count). The third kappa shape index (κ3) is 5.82. The summed E-state index contributed by atoms with van der Waals surface area (Å²) in [4.78, 5) is 29.4. The molecule has 1 heterocycles. The average Bonchev–Trinajstić information content (AvgIpc) is 2.65. The van der Waals surface area contributed by atoms with Crippen molar-refractivity contribution in [3.8, 4) is 0 Å². The van der Waals surface area contributed by atoms with Crippen molar-refractivity contribution in [3.63, 3.8) is 0 Å². The molecule has 0 saturated carbocycles. The molecule has 1 aromatic heterocycles. The van der Waals surface area contributed by atoms with Crippen molar-refractivity contribution in [2.75, 3.05) is 39.7 Å². The lowest BCUT2D eigenvalue weighted by atomic mass is 10.2. The van der Waals surface area contributed by atoms with Crippen molar-refractivity contribution in [3.05, 3.63) is 34.6 Å². The molecule has 26 heavy (non-hydrogen) atoms. The lowest BCUT2D eigenvalue weighted by molar-refractivity contribution is -0.118. The van der Waals surface area contributed by atoms with E-state index in [1.54, 1.807) is 24.9 Å². The maximum atomic E-state index is 12.8. The van der Waals surface area contributed by atoms with Crippen molar-refractivity contribution < 1.29 is 14.3 Å². The van der Waals surface area contributed by atoms with Gasteiger partial charge in [-0.25, -0.2) is 4.98 Å². The number of nitrogens with zero attached hydrogens (tertiary/aromatic N) is 2. The fraction of sp³-hybridized carbons (Fsp3) is 0.500. The summed E-state index contributed by atoms with van der Waals surface area (Å²) < 4.78 is 11.7. The van der Waals surface area contributed by atoms with E-state index < -0.39 is 0 Å². The maximum Gasteiger partial charge on any atom is 0.262 e. The molecule has 1 N–H and O–H groups in total. The molecule has 7 nitrogen and oxygen atoms in total. The first-order valence-electron chi connectivity index (χ1n) is 8.54. The zero-order valence-corrected chi connectivity index (χ0v) is 16.0. The van der Waals surface area contributed by atoms with Crippen LogP contribution < -0.4 is 10.9 Å². The summed E-state index contributed by atoms with van der Waals surface area (Å²) in [6.07, 6.45) is 1.47. The summed E-state index contributed by atoms with van der Waals surface area (Å²) in [6, 6.07) is 7.26. The molecule has 0 saturated heterocycles. The second kappa shape index (κ2) is 10.9. The first kappa shape index (κ1) is 20.4. The lowest BCUT2D eigenvalue weighted by Crippen LogP contribution is -2.28. The van der Waals surface area contributed by atoms with Crippen molar-refractivity contribution >= 4 is 28.6 Å². The Bertz CT molecular complexity index is 779. The number of carbonyl (C=O) groups is 1. The van der Waals surface area contributed by atoms with Crippen LogP contribution in [0.3, 0.4) is 0 Å². The van der Waals surface area contributed by atoms with Gasteiger partial charge < -0.3 is 14.8 Å². The summed E-state index contributed by atoms with van der Waals surface area (Å²) in [7, 11) is 3.26. The summed E-state index contributed by atoms with van der Waals surface area (Å²) in [5, 5.41) is 3.97. The van der Waals surface area contributed by atoms with Crippen LogP contribution in [0.25, 0.3) is 10.9 Å². The largest absolute Gasteiger partial charge is 0.385 e. The molecule has 1 aromatic carbocycles. The Labute approximate surface area is 157 Å². The number of hydrogen-bond donors (Lipinski definition) is 1. The smallest absolute Gasteiger partial charge is 0.262 e. The van der Waals surface area contributed by atoms with Crippen LogP contribution in [0.1, 0.15) is 12.8 Å². The molecule has 0 radical (unpaired) electrons. The first-order valence-corrected chi connectivity index (χ1v) is 9.53. The second-order valence-corrected chi connectivity index (χ2v) is 6.64. The number of fused-ring (bicyclic) bond motifs is 1. The summed E-state index contributed by atoms with van der Waals surface area (Å²) >= 11 is 1.27. The van der Waals surface area contributed by atoms with Crippen LogP contribution in [0.4, 0.5) is 0 Å². The third-order valence-electron chi connectivity index (χ3n) is 3.74. The highest BCUT2D eigenvalue weighted by atomic mass is 32.2. The highest BCUT2D eigenvalue weighted by molar-refractivity contribution is 7.99. The van der Waals surface area contributed by atoms with Crippen LogP contribution in [-0.2, 0) is 20.8 Å². The van der Waals surface area contributed by atoms with E-state index in [1.165, 1.54) is 11.8 Å². The van der Waals surface area contributed by atoms with E-state index in [2.05, 4.69) is 10.3 Å². The quantitative estimate of drug-likeness (QED) is 0.363. The molecule has 0 aliphatic carbocycles. The van der Waals surface area contributed by atoms with Gasteiger partial charge in [-0.1, -0.05) is 23.9 Å². The monoisotopic (exact) mass is 379 g/mol. The number of para-hydroxylation sites is 1. The van der Waals surface area contributed by atoms with Crippen LogP contribution in [-0.4, -0.2) is 55.2 Å². The van der Waals surface area contributed by atoms with Crippen molar-refractivity contribution in [2.24, 2.45) is 0 Å². The predicted octanol–water partition coefficient (Wildman–Crippen LogP) is 1.68. The molecule has 1 amide bonds. The Morgan fingerprint density at radius 1 is 1.19 bits per heavy atom. The molecule has 0 bridgehead atoms. The minimum absolute atomic E-state index is 0.0862. The normalized spacial score (nSPS) is 11.0. The Balaban J connectivity index is 2.12. The number of amides is 1. The minimum atomic E-state index is -0.0882. The van der Waals surface area contributed by atoms with E-state index >= 15 is 0 Å². The number of methoxy groups -OCH3 is 2. The molecule has 0 spiro atoms. The van der Waals surface area contributed by atoms with Crippen LogP contribution in [0.2, 0.25) is 0 Å². The fourth-order valence-corrected chi connectivity index (χ4v) is 3.30. The van der Waals surface area contributed by atoms with Crippen LogP contribution in [0.15, 0.2) is 34.2 Å². The number of ether oxygens (including phenoxy) is 2. The molecule has 0 aliphatic heterocycles. The van der Waals surface area contributed by atoms with Crippen LogP contribution >= 0.6 is 11.8 Å². The van der Waals surface area contributed by atoms with Crippen LogP contribution in [0.5, 0.6) is 0 Å². The van der Waals surface area contributed by atoms with Gasteiger partial charge in [0.05, 0.1) is 16.7 Å². The van der Waals surface area contributed by atoms with Gasteiger partial charge in [0.2, 0.25) is 5.91 Å². The highest BCUT2D eigenvalue weighted by Gasteiger charge is 2.13. The molecule has 0 atom stereocenters. The van der Waals surface area contributed by atoms with E-state index in [-0.39, 0.29) is 17.2 Å². The molecule has 0 unspecified atom stereocenters. The van der Waals surface area contributed by atoms with Crippen molar-refractivity contribution in [1.29, 1.82) is 0 Å². The average molecular weight is 379 g/mol. The lowest BCUT2D eigenvalue weighted by Gasteiger charge is -2.13. The van der Waals surface area contributed by atoms with Crippen LogP contribution in [0, 0.1) is 0 Å². The Morgan fingerprint density at radius 3 is 2.69 bits per heavy atom. The molecule has 0 fully saturated rings. The van der Waals surface area contributed by atoms with E-state index in [0.29, 0.717) is 48.8 Å². The Morgan fingerprint density at radius 2 is 1.92 bits per heavy atom. The minimum Gasteiger partial charge on any atom is -0.385 e. The Kier molecular flexibility index (Phi) is 8.60. The van der Waals surface area contributed by atoms with Crippen molar-refractivity contribution in [2.45, 2.75) is 24.5 Å². The number of aromatic nitrogens is 2. The van der Waals surface area contributed by atoms with Gasteiger partial charge in [-0.2, -0.15) is 0 Å². The topological polar surface area (TPSA) is 82.5 Å². The van der Waals surface area contributed by atoms with E-state index in [4.69, 9.17) is 9.47 Å². The van der Waals surface area contributed by atoms with Gasteiger partial charge in [0.1, 0.15) is 0 Å². The molecular weight excluding hydrogens is 354 g/mol. The number of hydrogen-bond acceptors (Lipinski definition) is 6. The maximum absolute atomic E-state index is 12.8. The molecule has 142 valence electrons. The van der Waals surface area contributed by atoms with Gasteiger partial charge in [0.25, 0.3) is 5.56 Å². The SMILES string of the molecule is COCCCNC(=O)CSc1nc2ccccc2c(=O)n1CCCOC. The summed E-state index contributed by atoms with van der Waals surface area (Å²) in [6.45, 7) is 2.24. The molecule has 2 aromatic rings. The van der Waals surface area contributed by atoms with Gasteiger partial charge in [-0.15, -0.1) is 0 Å². The van der Waals surface area contributed by atoms with Gasteiger partial charge in [-0.05, 0) is 25.0 Å². The van der Waals surface area contributed by atoms with E-state index in [1.807, 2.05) is 18.2 Å². The predicted molar refractivity (Wildman–Crippen MR) is 103 cm³/mol. The molecule has 8 heteroatoms. The first-order chi connectivity index (χ1) is 12.7. The number of nitrogens with one attached hydrogen (secondary N) is 1.